The van der Waals surface area contributed by atoms with E-state index in [2.05, 4.69) is 4.72 Å². The number of halogens is 1. The molecular formula is C14H13ClN2O3S. The van der Waals surface area contributed by atoms with E-state index < -0.39 is 15.9 Å². The van der Waals surface area contributed by atoms with E-state index in [9.17, 15) is 13.2 Å². The SMILES string of the molecule is NC(=O)Cc1ccccc1NS(=O)(=O)c1ccc(Cl)cc1. The number of sulfonamides is 1. The molecule has 3 N–H and O–H groups in total. The minimum Gasteiger partial charge on any atom is -0.369 e. The molecule has 5 nitrogen and oxygen atoms in total. The van der Waals surface area contributed by atoms with Crippen molar-refractivity contribution in [2.75, 3.05) is 4.72 Å². The van der Waals surface area contributed by atoms with Gasteiger partial charge >= 0.3 is 0 Å². The highest BCUT2D eigenvalue weighted by atomic mass is 35.5. The number of carbonyl (C=O) groups excluding carboxylic acids is 1. The third-order valence-corrected chi connectivity index (χ3v) is 4.38. The number of carbonyl (C=O) groups is 1. The molecule has 0 unspecified atom stereocenters. The van der Waals surface area contributed by atoms with Crippen molar-refractivity contribution in [2.45, 2.75) is 11.3 Å². The minimum absolute atomic E-state index is 0.0424. The molecule has 0 aliphatic rings. The zero-order valence-electron chi connectivity index (χ0n) is 10.9. The number of amides is 1. The van der Waals surface area contributed by atoms with Crippen molar-refractivity contribution < 1.29 is 13.2 Å². The predicted octanol–water partition coefficient (Wildman–Crippen LogP) is 2.17. The first-order chi connectivity index (χ1) is 9.88. The zero-order chi connectivity index (χ0) is 15.5. The lowest BCUT2D eigenvalue weighted by atomic mass is 10.1. The Morgan fingerprint density at radius 2 is 1.71 bits per heavy atom. The summed E-state index contributed by atoms with van der Waals surface area (Å²) in [4.78, 5) is 11.1. The van der Waals surface area contributed by atoms with Gasteiger partial charge in [-0.2, -0.15) is 0 Å². The van der Waals surface area contributed by atoms with Crippen LogP contribution in [0.2, 0.25) is 5.02 Å². The molecule has 2 aromatic rings. The van der Waals surface area contributed by atoms with Crippen molar-refractivity contribution >= 4 is 33.2 Å². The quantitative estimate of drug-likeness (QED) is 0.883. The van der Waals surface area contributed by atoms with Crippen LogP contribution in [0.25, 0.3) is 0 Å². The number of primary amides is 1. The standard InChI is InChI=1S/C14H13ClN2O3S/c15-11-5-7-12(8-6-11)21(19,20)17-13-4-2-1-3-10(13)9-14(16)18/h1-8,17H,9H2,(H2,16,18). The molecule has 0 saturated heterocycles. The Morgan fingerprint density at radius 1 is 1.10 bits per heavy atom. The van der Waals surface area contributed by atoms with Gasteiger partial charge in [-0.3, -0.25) is 9.52 Å². The van der Waals surface area contributed by atoms with Gasteiger partial charge in [0.05, 0.1) is 17.0 Å². The average molecular weight is 325 g/mol. The second-order valence-electron chi connectivity index (χ2n) is 4.36. The first-order valence-corrected chi connectivity index (χ1v) is 7.89. The normalized spacial score (nSPS) is 11.1. The van der Waals surface area contributed by atoms with Crippen LogP contribution in [0.15, 0.2) is 53.4 Å². The van der Waals surface area contributed by atoms with Crippen molar-refractivity contribution in [3.63, 3.8) is 0 Å². The van der Waals surface area contributed by atoms with Crippen LogP contribution in [0.1, 0.15) is 5.56 Å². The Balaban J connectivity index is 2.33. The van der Waals surface area contributed by atoms with Crippen molar-refractivity contribution in [1.29, 1.82) is 0 Å². The first-order valence-electron chi connectivity index (χ1n) is 6.03. The van der Waals surface area contributed by atoms with Crippen LogP contribution < -0.4 is 10.5 Å². The Bertz CT molecular complexity index is 758. The molecule has 2 aromatic carbocycles. The molecule has 1 amide bonds. The third kappa shape index (κ3) is 3.96. The highest BCUT2D eigenvalue weighted by molar-refractivity contribution is 7.92. The number of hydrogen-bond acceptors (Lipinski definition) is 3. The van der Waals surface area contributed by atoms with Crippen LogP contribution in [0.5, 0.6) is 0 Å². The molecule has 110 valence electrons. The highest BCUT2D eigenvalue weighted by Gasteiger charge is 2.16. The van der Waals surface area contributed by atoms with Gasteiger partial charge in [0.15, 0.2) is 0 Å². The monoisotopic (exact) mass is 324 g/mol. The first kappa shape index (κ1) is 15.3. The van der Waals surface area contributed by atoms with Crippen LogP contribution >= 0.6 is 11.6 Å². The van der Waals surface area contributed by atoms with Crippen LogP contribution in [0, 0.1) is 0 Å². The topological polar surface area (TPSA) is 89.3 Å². The van der Waals surface area contributed by atoms with E-state index in [0.29, 0.717) is 16.3 Å². The molecule has 7 heteroatoms. The van der Waals surface area contributed by atoms with E-state index in [4.69, 9.17) is 17.3 Å². The van der Waals surface area contributed by atoms with E-state index in [1.807, 2.05) is 0 Å². The lowest BCUT2D eigenvalue weighted by Crippen LogP contribution is -2.18. The number of nitrogens with one attached hydrogen (secondary N) is 1. The summed E-state index contributed by atoms with van der Waals surface area (Å²) in [6.07, 6.45) is -0.0424. The molecule has 0 spiro atoms. The van der Waals surface area contributed by atoms with E-state index in [1.54, 1.807) is 24.3 Å². The maximum atomic E-state index is 12.3. The molecular weight excluding hydrogens is 312 g/mol. The van der Waals surface area contributed by atoms with Gasteiger partial charge in [-0.1, -0.05) is 29.8 Å². The molecule has 0 aliphatic heterocycles. The molecule has 0 atom stereocenters. The zero-order valence-corrected chi connectivity index (χ0v) is 12.5. The molecule has 0 bridgehead atoms. The summed E-state index contributed by atoms with van der Waals surface area (Å²) in [5.41, 5.74) is 6.00. The summed E-state index contributed by atoms with van der Waals surface area (Å²) in [5, 5.41) is 0.447. The molecule has 0 saturated carbocycles. The van der Waals surface area contributed by atoms with Gasteiger partial charge in [0, 0.05) is 5.02 Å². The summed E-state index contributed by atoms with van der Waals surface area (Å²) in [5.74, 6) is -0.534. The Kier molecular flexibility index (Phi) is 4.50. The van der Waals surface area contributed by atoms with E-state index in [1.165, 1.54) is 24.3 Å². The maximum Gasteiger partial charge on any atom is 0.261 e. The van der Waals surface area contributed by atoms with Gasteiger partial charge in [-0.25, -0.2) is 8.42 Å². The van der Waals surface area contributed by atoms with Crippen molar-refractivity contribution in [3.8, 4) is 0 Å². The maximum absolute atomic E-state index is 12.3. The van der Waals surface area contributed by atoms with E-state index >= 15 is 0 Å². The Hall–Kier alpha value is -2.05. The third-order valence-electron chi connectivity index (χ3n) is 2.75. The van der Waals surface area contributed by atoms with Gasteiger partial charge in [-0.05, 0) is 35.9 Å². The fraction of sp³-hybridized carbons (Fsp3) is 0.0714. The molecule has 2 rings (SSSR count). The second-order valence-corrected chi connectivity index (χ2v) is 6.48. The Labute approximate surface area is 127 Å². The van der Waals surface area contributed by atoms with Crippen molar-refractivity contribution in [3.05, 3.63) is 59.1 Å². The predicted molar refractivity (Wildman–Crippen MR) is 81.6 cm³/mol. The second kappa shape index (κ2) is 6.15. The minimum atomic E-state index is -3.75. The number of benzene rings is 2. The summed E-state index contributed by atoms with van der Waals surface area (Å²) in [6.45, 7) is 0. The fourth-order valence-electron chi connectivity index (χ4n) is 1.78. The summed E-state index contributed by atoms with van der Waals surface area (Å²) < 4.78 is 27.0. The van der Waals surface area contributed by atoms with Crippen LogP contribution in [0.4, 0.5) is 5.69 Å². The number of hydrogen-bond donors (Lipinski definition) is 2. The average Bonchev–Trinajstić information content (AvgIpc) is 2.40. The lowest BCUT2D eigenvalue weighted by Gasteiger charge is -2.11. The summed E-state index contributed by atoms with van der Waals surface area (Å²) in [7, 11) is -3.75. The lowest BCUT2D eigenvalue weighted by molar-refractivity contribution is -0.117. The van der Waals surface area contributed by atoms with Crippen molar-refractivity contribution in [1.82, 2.24) is 0 Å². The Morgan fingerprint density at radius 3 is 2.33 bits per heavy atom. The van der Waals surface area contributed by atoms with Gasteiger partial charge in [0.25, 0.3) is 10.0 Å². The van der Waals surface area contributed by atoms with Crippen LogP contribution in [0.3, 0.4) is 0 Å². The number of para-hydroxylation sites is 1. The number of anilines is 1. The van der Waals surface area contributed by atoms with Gasteiger partial charge in [-0.15, -0.1) is 0 Å². The van der Waals surface area contributed by atoms with E-state index in [0.717, 1.165) is 0 Å². The largest absolute Gasteiger partial charge is 0.369 e. The smallest absolute Gasteiger partial charge is 0.261 e. The molecule has 21 heavy (non-hydrogen) atoms. The van der Waals surface area contributed by atoms with E-state index in [-0.39, 0.29) is 11.3 Å². The van der Waals surface area contributed by atoms with Crippen LogP contribution in [-0.2, 0) is 21.2 Å². The van der Waals surface area contributed by atoms with Gasteiger partial charge < -0.3 is 5.73 Å². The number of rotatable bonds is 5. The summed E-state index contributed by atoms with van der Waals surface area (Å²) >= 11 is 5.74. The highest BCUT2D eigenvalue weighted by Crippen LogP contribution is 2.21. The molecule has 0 aliphatic carbocycles. The molecule has 0 radical (unpaired) electrons. The summed E-state index contributed by atoms with van der Waals surface area (Å²) in [6, 6.07) is 12.4. The van der Waals surface area contributed by atoms with Gasteiger partial charge in [0.1, 0.15) is 0 Å². The number of nitrogens with two attached hydrogens (primary N) is 1. The molecule has 0 heterocycles. The molecule has 0 fully saturated rings. The van der Waals surface area contributed by atoms with Gasteiger partial charge in [0.2, 0.25) is 5.91 Å². The van der Waals surface area contributed by atoms with Crippen LogP contribution in [-0.4, -0.2) is 14.3 Å². The fourth-order valence-corrected chi connectivity index (χ4v) is 3.01. The van der Waals surface area contributed by atoms with Crippen molar-refractivity contribution in [2.24, 2.45) is 5.73 Å². The molecule has 0 aromatic heterocycles.